The van der Waals surface area contributed by atoms with E-state index in [9.17, 15) is 14.4 Å². The predicted octanol–water partition coefficient (Wildman–Crippen LogP) is 1.39. The molecule has 0 aliphatic heterocycles. The summed E-state index contributed by atoms with van der Waals surface area (Å²) in [6.45, 7) is 0.665. The molecule has 1 fully saturated rings. The van der Waals surface area contributed by atoms with Gasteiger partial charge in [-0.05, 0) is 24.8 Å². The Balaban J connectivity index is 2.05. The van der Waals surface area contributed by atoms with Crippen LogP contribution in [0.5, 0.6) is 0 Å². The Morgan fingerprint density at radius 1 is 1.13 bits per heavy atom. The summed E-state index contributed by atoms with van der Waals surface area (Å²) < 4.78 is 0. The molecule has 2 atom stereocenters. The summed E-state index contributed by atoms with van der Waals surface area (Å²) in [7, 11) is 0. The second-order valence-electron chi connectivity index (χ2n) is 6.01. The van der Waals surface area contributed by atoms with Crippen molar-refractivity contribution in [2.45, 2.75) is 32.2 Å². The van der Waals surface area contributed by atoms with E-state index >= 15 is 0 Å². The van der Waals surface area contributed by atoms with Crippen molar-refractivity contribution in [3.05, 3.63) is 35.9 Å². The second kappa shape index (κ2) is 7.76. The van der Waals surface area contributed by atoms with E-state index in [0.29, 0.717) is 25.8 Å². The highest BCUT2D eigenvalue weighted by Gasteiger charge is 2.35. The maximum absolute atomic E-state index is 12.7. The lowest BCUT2D eigenvalue weighted by atomic mass is 10.0. The van der Waals surface area contributed by atoms with Crippen LogP contribution in [0.3, 0.4) is 0 Å². The SMILES string of the molecule is NC(=O)CCN(Cc1ccccc1)C(=O)[C@@H]1CC[C@H](C(=O)O)C1. The minimum Gasteiger partial charge on any atom is -0.481 e. The fourth-order valence-electron chi connectivity index (χ4n) is 3.00. The van der Waals surface area contributed by atoms with Crippen LogP contribution >= 0.6 is 0 Å². The van der Waals surface area contributed by atoms with Gasteiger partial charge in [0, 0.05) is 25.4 Å². The lowest BCUT2D eigenvalue weighted by Crippen LogP contribution is -2.37. The van der Waals surface area contributed by atoms with E-state index in [4.69, 9.17) is 10.8 Å². The number of aliphatic carboxylic acids is 1. The molecule has 0 bridgehead atoms. The number of amides is 2. The number of hydrogen-bond acceptors (Lipinski definition) is 3. The van der Waals surface area contributed by atoms with Crippen LogP contribution in [0, 0.1) is 11.8 Å². The minimum absolute atomic E-state index is 0.0844. The number of carboxylic acids is 1. The van der Waals surface area contributed by atoms with Crippen LogP contribution in [0.25, 0.3) is 0 Å². The molecule has 1 aliphatic carbocycles. The van der Waals surface area contributed by atoms with Crippen LogP contribution in [-0.4, -0.2) is 34.3 Å². The van der Waals surface area contributed by atoms with E-state index in [1.165, 1.54) is 0 Å². The molecule has 1 aliphatic rings. The van der Waals surface area contributed by atoms with Crippen molar-refractivity contribution in [2.75, 3.05) is 6.54 Å². The number of rotatable bonds is 7. The smallest absolute Gasteiger partial charge is 0.306 e. The Morgan fingerprint density at radius 3 is 2.35 bits per heavy atom. The summed E-state index contributed by atoms with van der Waals surface area (Å²) in [5.74, 6) is -2.11. The lowest BCUT2D eigenvalue weighted by molar-refractivity contribution is -0.141. The number of carbonyl (C=O) groups is 3. The molecular weight excluding hydrogens is 296 g/mol. The standard InChI is InChI=1S/C17H22N2O4/c18-15(20)8-9-19(11-12-4-2-1-3-5-12)16(21)13-6-7-14(10-13)17(22)23/h1-5,13-14H,6-11H2,(H2,18,20)(H,22,23)/t13-,14+/m1/s1. The van der Waals surface area contributed by atoms with Gasteiger partial charge in [-0.1, -0.05) is 30.3 Å². The molecule has 6 nitrogen and oxygen atoms in total. The fourth-order valence-corrected chi connectivity index (χ4v) is 3.00. The molecule has 23 heavy (non-hydrogen) atoms. The van der Waals surface area contributed by atoms with Crippen LogP contribution in [0.4, 0.5) is 0 Å². The van der Waals surface area contributed by atoms with Crippen molar-refractivity contribution in [2.24, 2.45) is 17.6 Å². The molecule has 1 aromatic carbocycles. The van der Waals surface area contributed by atoms with Crippen LogP contribution in [-0.2, 0) is 20.9 Å². The van der Waals surface area contributed by atoms with Crippen LogP contribution in [0.2, 0.25) is 0 Å². The van der Waals surface area contributed by atoms with Crippen molar-refractivity contribution >= 4 is 17.8 Å². The Labute approximate surface area is 135 Å². The number of carboxylic acid groups (broad SMARTS) is 1. The third-order valence-electron chi connectivity index (χ3n) is 4.29. The highest BCUT2D eigenvalue weighted by Crippen LogP contribution is 2.32. The molecule has 6 heteroatoms. The predicted molar refractivity (Wildman–Crippen MR) is 84.1 cm³/mol. The number of nitrogens with two attached hydrogens (primary N) is 1. The lowest BCUT2D eigenvalue weighted by Gasteiger charge is -2.25. The molecule has 0 aromatic heterocycles. The van der Waals surface area contributed by atoms with Gasteiger partial charge in [0.1, 0.15) is 0 Å². The van der Waals surface area contributed by atoms with Gasteiger partial charge in [0.15, 0.2) is 0 Å². The molecule has 0 heterocycles. The molecule has 0 saturated heterocycles. The van der Waals surface area contributed by atoms with E-state index in [2.05, 4.69) is 0 Å². The summed E-state index contributed by atoms with van der Waals surface area (Å²) in [6, 6.07) is 9.51. The van der Waals surface area contributed by atoms with Crippen molar-refractivity contribution in [1.29, 1.82) is 0 Å². The molecule has 0 spiro atoms. The quantitative estimate of drug-likeness (QED) is 0.793. The number of benzene rings is 1. The second-order valence-corrected chi connectivity index (χ2v) is 6.01. The zero-order valence-corrected chi connectivity index (χ0v) is 13.0. The topological polar surface area (TPSA) is 101 Å². The number of nitrogens with zero attached hydrogens (tertiary/aromatic N) is 1. The summed E-state index contributed by atoms with van der Waals surface area (Å²) in [4.78, 5) is 36.4. The van der Waals surface area contributed by atoms with Crippen molar-refractivity contribution < 1.29 is 19.5 Å². The van der Waals surface area contributed by atoms with Gasteiger partial charge < -0.3 is 15.7 Å². The van der Waals surface area contributed by atoms with Crippen LogP contribution < -0.4 is 5.73 Å². The number of primary amides is 1. The van der Waals surface area contributed by atoms with Crippen molar-refractivity contribution in [3.8, 4) is 0 Å². The zero-order valence-electron chi connectivity index (χ0n) is 13.0. The summed E-state index contributed by atoms with van der Waals surface area (Å²) in [6.07, 6.45) is 1.59. The molecule has 0 radical (unpaired) electrons. The van der Waals surface area contributed by atoms with E-state index in [1.54, 1.807) is 4.90 Å². The van der Waals surface area contributed by atoms with Gasteiger partial charge in [-0.2, -0.15) is 0 Å². The highest BCUT2D eigenvalue weighted by molar-refractivity contribution is 5.82. The highest BCUT2D eigenvalue weighted by atomic mass is 16.4. The average molecular weight is 318 g/mol. The first-order chi connectivity index (χ1) is 11.0. The normalized spacial score (nSPS) is 20.2. The maximum Gasteiger partial charge on any atom is 0.306 e. The average Bonchev–Trinajstić information content (AvgIpc) is 3.01. The molecule has 2 amide bonds. The number of carbonyl (C=O) groups excluding carboxylic acids is 2. The first-order valence-corrected chi connectivity index (χ1v) is 7.81. The molecule has 2 rings (SSSR count). The Morgan fingerprint density at radius 2 is 1.78 bits per heavy atom. The molecule has 3 N–H and O–H groups in total. The Kier molecular flexibility index (Phi) is 5.73. The summed E-state index contributed by atoms with van der Waals surface area (Å²) in [5, 5.41) is 9.08. The minimum atomic E-state index is -0.841. The molecule has 1 saturated carbocycles. The van der Waals surface area contributed by atoms with E-state index in [0.717, 1.165) is 5.56 Å². The van der Waals surface area contributed by atoms with Crippen molar-refractivity contribution in [3.63, 3.8) is 0 Å². The molecule has 124 valence electrons. The van der Waals surface area contributed by atoms with Crippen LogP contribution in [0.15, 0.2) is 30.3 Å². The zero-order chi connectivity index (χ0) is 16.8. The van der Waals surface area contributed by atoms with Gasteiger partial charge in [0.05, 0.1) is 5.92 Å². The van der Waals surface area contributed by atoms with E-state index in [1.807, 2.05) is 30.3 Å². The third kappa shape index (κ3) is 4.81. The summed E-state index contributed by atoms with van der Waals surface area (Å²) in [5.41, 5.74) is 6.17. The molecule has 0 unspecified atom stereocenters. The fraction of sp³-hybridized carbons (Fsp3) is 0.471. The largest absolute Gasteiger partial charge is 0.481 e. The van der Waals surface area contributed by atoms with Crippen LogP contribution in [0.1, 0.15) is 31.2 Å². The Bertz CT molecular complexity index is 573. The first-order valence-electron chi connectivity index (χ1n) is 7.81. The molecule has 1 aromatic rings. The molecular formula is C17H22N2O4. The Hall–Kier alpha value is -2.37. The van der Waals surface area contributed by atoms with E-state index in [-0.39, 0.29) is 24.8 Å². The van der Waals surface area contributed by atoms with Gasteiger partial charge in [0.2, 0.25) is 11.8 Å². The summed E-state index contributed by atoms with van der Waals surface area (Å²) >= 11 is 0. The number of hydrogen-bond donors (Lipinski definition) is 2. The van der Waals surface area contributed by atoms with Crippen molar-refractivity contribution in [1.82, 2.24) is 4.90 Å². The van der Waals surface area contributed by atoms with Gasteiger partial charge >= 0.3 is 5.97 Å². The van der Waals surface area contributed by atoms with Gasteiger partial charge in [-0.3, -0.25) is 14.4 Å². The monoisotopic (exact) mass is 318 g/mol. The van der Waals surface area contributed by atoms with Gasteiger partial charge in [-0.25, -0.2) is 0 Å². The maximum atomic E-state index is 12.7. The van der Waals surface area contributed by atoms with Gasteiger partial charge in [0.25, 0.3) is 0 Å². The van der Waals surface area contributed by atoms with E-state index < -0.39 is 17.8 Å². The van der Waals surface area contributed by atoms with Gasteiger partial charge in [-0.15, -0.1) is 0 Å². The first kappa shape index (κ1) is 17.0. The third-order valence-corrected chi connectivity index (χ3v) is 4.29.